The number of carbonyl (C=O) groups is 1. The summed E-state index contributed by atoms with van der Waals surface area (Å²) in [5, 5.41) is 9.03. The Balaban J connectivity index is 3.34. The Morgan fingerprint density at radius 3 is 2.35 bits per heavy atom. The third-order valence-corrected chi connectivity index (χ3v) is 3.09. The highest BCUT2D eigenvalue weighted by molar-refractivity contribution is 5.80. The van der Waals surface area contributed by atoms with Gasteiger partial charge in [0.15, 0.2) is 0 Å². The number of aromatic nitrogens is 1. The van der Waals surface area contributed by atoms with Gasteiger partial charge in [-0.3, -0.25) is 4.79 Å². The molecule has 0 saturated carbocycles. The van der Waals surface area contributed by atoms with Crippen LogP contribution in [0.5, 0.6) is 0 Å². The number of likely N-dealkylation sites (N-methyl/N-ethyl adjacent to an activating group) is 1. The molecule has 1 aromatic heterocycles. The molecule has 5 heteroatoms. The van der Waals surface area contributed by atoms with E-state index in [-0.39, 0.29) is 5.91 Å². The van der Waals surface area contributed by atoms with Crippen LogP contribution in [0.1, 0.15) is 29.8 Å². The van der Waals surface area contributed by atoms with E-state index >= 15 is 0 Å². The average Bonchev–Trinajstić information content (AvgIpc) is 2.48. The first-order valence-corrected chi connectivity index (χ1v) is 5.41. The number of hydrogen-bond acceptors (Lipinski definition) is 3. The zero-order chi connectivity index (χ0) is 13.3. The fourth-order valence-corrected chi connectivity index (χ4v) is 1.98. The van der Waals surface area contributed by atoms with Crippen LogP contribution in [0.2, 0.25) is 0 Å². The van der Waals surface area contributed by atoms with Crippen molar-refractivity contribution in [2.75, 3.05) is 19.8 Å². The van der Waals surface area contributed by atoms with Crippen molar-refractivity contribution >= 4 is 11.7 Å². The number of nitrogen functional groups attached to an aromatic ring is 1. The molecule has 1 heterocycles. The van der Waals surface area contributed by atoms with Crippen LogP contribution in [0.15, 0.2) is 0 Å². The van der Waals surface area contributed by atoms with Crippen LogP contribution in [0.3, 0.4) is 0 Å². The Morgan fingerprint density at radius 2 is 2.00 bits per heavy atom. The smallest absolute Gasteiger partial charge is 0.244 e. The highest BCUT2D eigenvalue weighted by Gasteiger charge is 2.24. The van der Waals surface area contributed by atoms with Crippen molar-refractivity contribution in [2.45, 2.75) is 26.8 Å². The van der Waals surface area contributed by atoms with E-state index in [4.69, 9.17) is 11.0 Å². The van der Waals surface area contributed by atoms with Gasteiger partial charge >= 0.3 is 0 Å². The van der Waals surface area contributed by atoms with Gasteiger partial charge in [0, 0.05) is 19.8 Å². The summed E-state index contributed by atoms with van der Waals surface area (Å²) in [5.41, 5.74) is 8.08. The van der Waals surface area contributed by atoms with Crippen molar-refractivity contribution in [3.8, 4) is 6.07 Å². The predicted molar refractivity (Wildman–Crippen MR) is 66.4 cm³/mol. The fraction of sp³-hybridized carbons (Fsp3) is 0.500. The van der Waals surface area contributed by atoms with Crippen LogP contribution < -0.4 is 5.73 Å². The minimum absolute atomic E-state index is 0.0423. The number of nitrogens with two attached hydrogens (primary N) is 1. The summed E-state index contributed by atoms with van der Waals surface area (Å²) in [5.74, 6) is 0.324. The van der Waals surface area contributed by atoms with E-state index in [0.717, 1.165) is 11.3 Å². The molecule has 0 spiro atoms. The molecule has 1 unspecified atom stereocenters. The maximum atomic E-state index is 11.9. The van der Waals surface area contributed by atoms with Crippen LogP contribution in [0, 0.1) is 25.2 Å². The molecule has 0 radical (unpaired) electrons. The third kappa shape index (κ3) is 1.98. The molecule has 0 aromatic carbocycles. The Morgan fingerprint density at radius 1 is 1.47 bits per heavy atom. The van der Waals surface area contributed by atoms with E-state index in [0.29, 0.717) is 11.4 Å². The minimum atomic E-state index is -0.397. The molecule has 0 aliphatic heterocycles. The first kappa shape index (κ1) is 13.1. The molecule has 1 rings (SSSR count). The molecule has 17 heavy (non-hydrogen) atoms. The normalized spacial score (nSPS) is 12.0. The van der Waals surface area contributed by atoms with Crippen molar-refractivity contribution in [1.82, 2.24) is 9.47 Å². The summed E-state index contributed by atoms with van der Waals surface area (Å²) in [7, 11) is 3.40. The lowest BCUT2D eigenvalue weighted by atomic mass is 10.2. The molecule has 5 nitrogen and oxygen atoms in total. The molecular weight excluding hydrogens is 216 g/mol. The number of hydrogen-bond donors (Lipinski definition) is 1. The molecule has 2 N–H and O–H groups in total. The van der Waals surface area contributed by atoms with Crippen molar-refractivity contribution < 1.29 is 4.79 Å². The van der Waals surface area contributed by atoms with Crippen LogP contribution in [-0.2, 0) is 4.79 Å². The first-order valence-electron chi connectivity index (χ1n) is 5.41. The molecule has 1 amide bonds. The predicted octanol–water partition coefficient (Wildman–Crippen LogP) is 1.21. The van der Waals surface area contributed by atoms with Gasteiger partial charge in [-0.05, 0) is 26.3 Å². The minimum Gasteiger partial charge on any atom is -0.384 e. The highest BCUT2D eigenvalue weighted by atomic mass is 16.2. The number of nitriles is 1. The summed E-state index contributed by atoms with van der Waals surface area (Å²) >= 11 is 0. The molecule has 1 aromatic rings. The summed E-state index contributed by atoms with van der Waals surface area (Å²) in [4.78, 5) is 13.4. The van der Waals surface area contributed by atoms with Gasteiger partial charge in [0.2, 0.25) is 5.91 Å². The van der Waals surface area contributed by atoms with Crippen LogP contribution in [0.25, 0.3) is 0 Å². The zero-order valence-corrected chi connectivity index (χ0v) is 10.9. The van der Waals surface area contributed by atoms with E-state index in [1.165, 1.54) is 4.90 Å². The van der Waals surface area contributed by atoms with E-state index in [1.54, 1.807) is 25.6 Å². The lowest BCUT2D eigenvalue weighted by Gasteiger charge is -2.21. The van der Waals surface area contributed by atoms with Crippen LogP contribution in [0.4, 0.5) is 5.82 Å². The fourth-order valence-electron chi connectivity index (χ4n) is 1.98. The Labute approximate surface area is 101 Å². The topological polar surface area (TPSA) is 75.0 Å². The van der Waals surface area contributed by atoms with Gasteiger partial charge in [0.1, 0.15) is 17.9 Å². The number of carbonyl (C=O) groups excluding carboxylic acids is 1. The molecule has 0 fully saturated rings. The monoisotopic (exact) mass is 234 g/mol. The second-order valence-corrected chi connectivity index (χ2v) is 4.36. The first-order chi connectivity index (χ1) is 7.82. The summed E-state index contributed by atoms with van der Waals surface area (Å²) in [6, 6.07) is 1.68. The number of rotatable bonds is 2. The lowest BCUT2D eigenvalue weighted by molar-refractivity contribution is -0.131. The molecule has 1 atom stereocenters. The molecule has 0 saturated heterocycles. The quantitative estimate of drug-likeness (QED) is 0.835. The Kier molecular flexibility index (Phi) is 3.47. The van der Waals surface area contributed by atoms with Crippen molar-refractivity contribution in [2.24, 2.45) is 0 Å². The summed E-state index contributed by atoms with van der Waals surface area (Å²) in [6.07, 6.45) is 0. The molecule has 92 valence electrons. The second-order valence-electron chi connectivity index (χ2n) is 4.36. The maximum absolute atomic E-state index is 11.9. The van der Waals surface area contributed by atoms with Gasteiger partial charge in [-0.25, -0.2) is 0 Å². The van der Waals surface area contributed by atoms with E-state index < -0.39 is 6.04 Å². The molecule has 0 aliphatic rings. The van der Waals surface area contributed by atoms with Crippen molar-refractivity contribution in [3.05, 3.63) is 16.8 Å². The SMILES string of the molecule is Cc1c(C#N)c(N)n(C(C)C(=O)N(C)C)c1C. The lowest BCUT2D eigenvalue weighted by Crippen LogP contribution is -2.30. The van der Waals surface area contributed by atoms with Gasteiger partial charge in [-0.15, -0.1) is 0 Å². The Hall–Kier alpha value is -1.96. The number of anilines is 1. The van der Waals surface area contributed by atoms with Gasteiger partial charge in [0.25, 0.3) is 0 Å². The molecule has 0 aliphatic carbocycles. The third-order valence-electron chi connectivity index (χ3n) is 3.09. The van der Waals surface area contributed by atoms with E-state index in [2.05, 4.69) is 6.07 Å². The maximum Gasteiger partial charge on any atom is 0.244 e. The zero-order valence-electron chi connectivity index (χ0n) is 10.9. The van der Waals surface area contributed by atoms with Gasteiger partial charge in [-0.1, -0.05) is 0 Å². The van der Waals surface area contributed by atoms with E-state index in [1.807, 2.05) is 13.8 Å². The highest BCUT2D eigenvalue weighted by Crippen LogP contribution is 2.27. The number of amides is 1. The average molecular weight is 234 g/mol. The van der Waals surface area contributed by atoms with Crippen LogP contribution >= 0.6 is 0 Å². The molecular formula is C12H18N4O. The van der Waals surface area contributed by atoms with Crippen molar-refractivity contribution in [3.63, 3.8) is 0 Å². The van der Waals surface area contributed by atoms with Gasteiger partial charge in [0.05, 0.1) is 5.56 Å². The van der Waals surface area contributed by atoms with Gasteiger partial charge < -0.3 is 15.2 Å². The largest absolute Gasteiger partial charge is 0.384 e. The molecule has 0 bridgehead atoms. The Bertz CT molecular complexity index is 494. The summed E-state index contributed by atoms with van der Waals surface area (Å²) < 4.78 is 1.72. The van der Waals surface area contributed by atoms with Crippen molar-refractivity contribution in [1.29, 1.82) is 5.26 Å². The summed E-state index contributed by atoms with van der Waals surface area (Å²) in [6.45, 7) is 5.49. The second kappa shape index (κ2) is 4.50. The number of nitrogens with zero attached hydrogens (tertiary/aromatic N) is 3. The van der Waals surface area contributed by atoms with Crippen LogP contribution in [-0.4, -0.2) is 29.5 Å². The standard InChI is InChI=1S/C12H18N4O/c1-7-8(2)16(11(14)10(7)6-13)9(3)12(17)15(4)5/h9H,14H2,1-5H3. The van der Waals surface area contributed by atoms with Gasteiger partial charge in [-0.2, -0.15) is 5.26 Å². The van der Waals surface area contributed by atoms with E-state index in [9.17, 15) is 4.79 Å².